The van der Waals surface area contributed by atoms with Crippen LogP contribution in [0.15, 0.2) is 60.8 Å². The van der Waals surface area contributed by atoms with Crippen LogP contribution in [0.1, 0.15) is 72.8 Å². The van der Waals surface area contributed by atoms with E-state index in [9.17, 15) is 13.6 Å². The molecule has 0 aliphatic carbocycles. The minimum absolute atomic E-state index is 0.0745. The van der Waals surface area contributed by atoms with Gasteiger partial charge < -0.3 is 10.1 Å². The van der Waals surface area contributed by atoms with E-state index in [1.165, 1.54) is 17.8 Å². The van der Waals surface area contributed by atoms with Crippen LogP contribution in [0.5, 0.6) is 5.75 Å². The van der Waals surface area contributed by atoms with Crippen LogP contribution < -0.4 is 10.1 Å². The molecule has 0 radical (unpaired) electrons. The van der Waals surface area contributed by atoms with E-state index < -0.39 is 12.3 Å². The minimum atomic E-state index is -2.80. The molecule has 8 heteroatoms. The zero-order valence-corrected chi connectivity index (χ0v) is 20.1. The van der Waals surface area contributed by atoms with Crippen molar-refractivity contribution in [1.29, 1.82) is 0 Å². The van der Waals surface area contributed by atoms with Gasteiger partial charge in [0.25, 0.3) is 12.3 Å². The maximum atomic E-state index is 13.9. The monoisotopic (exact) mass is 478 g/mol. The summed E-state index contributed by atoms with van der Waals surface area (Å²) in [7, 11) is 1.55. The summed E-state index contributed by atoms with van der Waals surface area (Å²) in [6.07, 6.45) is -0.469. The molecule has 1 amide bonds. The standard InChI is InChI=1S/C27H28F2N4O2/c1-5-16(2)18-6-8-19(9-7-18)17(3)31-27(34)22-15-30-33-24(25(28)29)14-23(32-26(22)33)20-10-12-21(35-4)13-11-20/h6-17,25H,5H2,1-4H3,(H,31,34)/t16-,17-/m0/s1. The maximum absolute atomic E-state index is 13.9. The number of ether oxygens (including phenoxy) is 1. The number of aromatic nitrogens is 3. The van der Waals surface area contributed by atoms with Crippen molar-refractivity contribution in [1.82, 2.24) is 19.9 Å². The molecule has 2 aromatic carbocycles. The minimum Gasteiger partial charge on any atom is -0.497 e. The van der Waals surface area contributed by atoms with Gasteiger partial charge in [-0.1, -0.05) is 38.1 Å². The lowest BCUT2D eigenvalue weighted by atomic mass is 9.96. The number of rotatable bonds is 8. The van der Waals surface area contributed by atoms with E-state index in [1.54, 1.807) is 31.4 Å². The summed E-state index contributed by atoms with van der Waals surface area (Å²) in [4.78, 5) is 17.6. The first-order chi connectivity index (χ1) is 16.8. The van der Waals surface area contributed by atoms with Gasteiger partial charge >= 0.3 is 0 Å². The number of alkyl halides is 2. The third-order valence-electron chi connectivity index (χ3n) is 6.32. The van der Waals surface area contributed by atoms with Gasteiger partial charge in [-0.05, 0) is 60.7 Å². The van der Waals surface area contributed by atoms with Gasteiger partial charge in [-0.15, -0.1) is 0 Å². The van der Waals surface area contributed by atoms with Gasteiger partial charge in [0.1, 0.15) is 17.0 Å². The zero-order chi connectivity index (χ0) is 25.1. The number of carbonyl (C=O) groups is 1. The van der Waals surface area contributed by atoms with Crippen LogP contribution in [-0.4, -0.2) is 27.6 Å². The predicted octanol–water partition coefficient (Wildman–Crippen LogP) is 6.35. The molecule has 0 aliphatic heterocycles. The first kappa shape index (κ1) is 24.3. The van der Waals surface area contributed by atoms with Gasteiger partial charge in [0.15, 0.2) is 5.65 Å². The van der Waals surface area contributed by atoms with E-state index >= 15 is 0 Å². The van der Waals surface area contributed by atoms with Crippen molar-refractivity contribution in [3.63, 3.8) is 0 Å². The van der Waals surface area contributed by atoms with Crippen LogP contribution in [0.25, 0.3) is 16.9 Å². The number of hydrogen-bond donors (Lipinski definition) is 1. The van der Waals surface area contributed by atoms with Crippen molar-refractivity contribution in [2.45, 2.75) is 45.6 Å². The summed E-state index contributed by atoms with van der Waals surface area (Å²) >= 11 is 0. The van der Waals surface area contributed by atoms with Crippen molar-refractivity contribution in [2.75, 3.05) is 7.11 Å². The largest absolute Gasteiger partial charge is 0.497 e. The van der Waals surface area contributed by atoms with E-state index in [0.29, 0.717) is 22.9 Å². The van der Waals surface area contributed by atoms with Crippen LogP contribution in [0, 0.1) is 0 Å². The average Bonchev–Trinajstić information content (AvgIpc) is 3.31. The Kier molecular flexibility index (Phi) is 7.10. The fourth-order valence-electron chi connectivity index (χ4n) is 3.92. The first-order valence-corrected chi connectivity index (χ1v) is 11.5. The predicted molar refractivity (Wildman–Crippen MR) is 131 cm³/mol. The molecular weight excluding hydrogens is 450 g/mol. The Balaban J connectivity index is 1.65. The Labute approximate surface area is 203 Å². The number of methoxy groups -OCH3 is 1. The molecule has 0 unspecified atom stereocenters. The molecule has 182 valence electrons. The smallest absolute Gasteiger partial charge is 0.280 e. The number of nitrogens with one attached hydrogen (secondary N) is 1. The zero-order valence-electron chi connectivity index (χ0n) is 20.1. The van der Waals surface area contributed by atoms with Crippen molar-refractivity contribution < 1.29 is 18.3 Å². The van der Waals surface area contributed by atoms with Crippen molar-refractivity contribution in [3.8, 4) is 17.0 Å². The molecule has 2 atom stereocenters. The second kappa shape index (κ2) is 10.2. The Morgan fingerprint density at radius 2 is 1.71 bits per heavy atom. The molecule has 0 spiro atoms. The highest BCUT2D eigenvalue weighted by Crippen LogP contribution is 2.28. The number of fused-ring (bicyclic) bond motifs is 1. The number of hydrogen-bond acceptors (Lipinski definition) is 4. The highest BCUT2D eigenvalue weighted by molar-refractivity contribution is 6.00. The second-order valence-electron chi connectivity index (χ2n) is 8.56. The van der Waals surface area contributed by atoms with Crippen molar-refractivity contribution in [3.05, 3.63) is 83.2 Å². The van der Waals surface area contributed by atoms with Crippen LogP contribution in [0.4, 0.5) is 8.78 Å². The topological polar surface area (TPSA) is 68.5 Å². The summed E-state index contributed by atoms with van der Waals surface area (Å²) in [5.74, 6) is 0.667. The fraction of sp³-hybridized carbons (Fsp3) is 0.296. The molecule has 35 heavy (non-hydrogen) atoms. The number of benzene rings is 2. The number of nitrogens with zero attached hydrogens (tertiary/aromatic N) is 3. The summed E-state index contributed by atoms with van der Waals surface area (Å²) in [5.41, 5.74) is 3.00. The Bertz CT molecular complexity index is 1320. The maximum Gasteiger partial charge on any atom is 0.280 e. The molecule has 0 fully saturated rings. The first-order valence-electron chi connectivity index (χ1n) is 11.5. The molecule has 6 nitrogen and oxygen atoms in total. The third kappa shape index (κ3) is 5.01. The van der Waals surface area contributed by atoms with E-state index in [2.05, 4.69) is 41.4 Å². The lowest BCUT2D eigenvalue weighted by Crippen LogP contribution is -2.26. The molecule has 2 heterocycles. The third-order valence-corrected chi connectivity index (χ3v) is 6.32. The normalized spacial score (nSPS) is 13.1. The summed E-state index contributed by atoms with van der Waals surface area (Å²) in [6, 6.07) is 16.0. The van der Waals surface area contributed by atoms with Gasteiger partial charge in [-0.25, -0.2) is 18.3 Å². The SMILES string of the molecule is CC[C@H](C)c1ccc([C@H](C)NC(=O)c2cnn3c(C(F)F)cc(-c4ccc(OC)cc4)nc23)cc1. The molecule has 0 saturated carbocycles. The summed E-state index contributed by atoms with van der Waals surface area (Å²) in [5, 5.41) is 6.98. The summed E-state index contributed by atoms with van der Waals surface area (Å²) < 4.78 is 33.9. The van der Waals surface area contributed by atoms with Gasteiger partial charge in [0.2, 0.25) is 0 Å². The van der Waals surface area contributed by atoms with Gasteiger partial charge in [-0.2, -0.15) is 5.10 Å². The van der Waals surface area contributed by atoms with Crippen LogP contribution in [0.3, 0.4) is 0 Å². The lowest BCUT2D eigenvalue weighted by molar-refractivity contribution is 0.0941. The Morgan fingerprint density at radius 1 is 1.06 bits per heavy atom. The highest BCUT2D eigenvalue weighted by atomic mass is 19.3. The molecule has 4 rings (SSSR count). The molecule has 4 aromatic rings. The van der Waals surface area contributed by atoms with Crippen LogP contribution in [-0.2, 0) is 0 Å². The summed E-state index contributed by atoms with van der Waals surface area (Å²) in [6.45, 7) is 6.19. The number of amides is 1. The van der Waals surface area contributed by atoms with E-state index in [4.69, 9.17) is 4.74 Å². The molecule has 2 aromatic heterocycles. The van der Waals surface area contributed by atoms with E-state index in [-0.39, 0.29) is 22.9 Å². The molecule has 0 bridgehead atoms. The number of carbonyl (C=O) groups excluding carboxylic acids is 1. The van der Waals surface area contributed by atoms with E-state index in [1.807, 2.05) is 19.1 Å². The lowest BCUT2D eigenvalue weighted by Gasteiger charge is -2.16. The van der Waals surface area contributed by atoms with E-state index in [0.717, 1.165) is 16.5 Å². The fourth-order valence-corrected chi connectivity index (χ4v) is 3.92. The Hall–Kier alpha value is -3.81. The molecule has 1 N–H and O–H groups in total. The molecule has 0 aliphatic rings. The highest BCUT2D eigenvalue weighted by Gasteiger charge is 2.22. The van der Waals surface area contributed by atoms with Crippen LogP contribution >= 0.6 is 0 Å². The molecular formula is C27H28F2N4O2. The van der Waals surface area contributed by atoms with Gasteiger partial charge in [0, 0.05) is 5.56 Å². The number of halogens is 2. The van der Waals surface area contributed by atoms with Gasteiger partial charge in [-0.3, -0.25) is 4.79 Å². The molecule has 0 saturated heterocycles. The second-order valence-corrected chi connectivity index (χ2v) is 8.56. The Morgan fingerprint density at radius 3 is 2.31 bits per heavy atom. The van der Waals surface area contributed by atoms with Crippen molar-refractivity contribution in [2.24, 2.45) is 0 Å². The average molecular weight is 479 g/mol. The van der Waals surface area contributed by atoms with Crippen LogP contribution in [0.2, 0.25) is 0 Å². The van der Waals surface area contributed by atoms with Crippen molar-refractivity contribution >= 4 is 11.6 Å². The quantitative estimate of drug-likeness (QED) is 0.321. The van der Waals surface area contributed by atoms with Gasteiger partial charge in [0.05, 0.1) is 25.0 Å².